The van der Waals surface area contributed by atoms with E-state index in [0.29, 0.717) is 0 Å². The van der Waals surface area contributed by atoms with Crippen LogP contribution >= 0.6 is 0 Å². The molecular weight excluding hydrogens is 206 g/mol. The molecule has 0 aromatic carbocycles. The molecule has 0 unspecified atom stereocenters. The summed E-state index contributed by atoms with van der Waals surface area (Å²) in [6.07, 6.45) is -5.24. The third kappa shape index (κ3) is 2.64. The quantitative estimate of drug-likeness (QED) is 0.337. The predicted molar refractivity (Wildman–Crippen MR) is 47.6 cm³/mol. The number of rotatable bonds is 2. The number of aliphatic hydroxyl groups is 4. The first kappa shape index (κ1) is 12.3. The molecule has 1 heterocycles. The molecule has 5 N–H and O–H groups in total. The zero-order valence-electron chi connectivity index (χ0n) is 8.20. The Balaban J connectivity index is 2.70. The largest absolute Gasteiger partial charge is 0.394 e. The highest BCUT2D eigenvalue weighted by Crippen LogP contribution is 2.19. The molecule has 5 atom stereocenters. The van der Waals surface area contributed by atoms with Crippen LogP contribution in [0.1, 0.15) is 6.92 Å². The standard InChI is InChI=1S/C8H15NO6/c1-3(11)9-5-7(13)6(12)4(2-10)15-8(5)14/h4-8,10,12-14H,2H2,1H3,(H,9,11)/t4-,5+,6-,7+,8+/m1/s1. The lowest BCUT2D eigenvalue weighted by Crippen LogP contribution is -2.63. The first-order valence-electron chi connectivity index (χ1n) is 4.55. The van der Waals surface area contributed by atoms with E-state index in [4.69, 9.17) is 9.84 Å². The van der Waals surface area contributed by atoms with Gasteiger partial charge in [0.05, 0.1) is 6.61 Å². The predicted octanol–water partition coefficient (Wildman–Crippen LogP) is -3.08. The van der Waals surface area contributed by atoms with E-state index in [0.717, 1.165) is 0 Å². The number of carbonyl (C=O) groups is 1. The van der Waals surface area contributed by atoms with Crippen molar-refractivity contribution < 1.29 is 30.0 Å². The Bertz CT molecular complexity index is 235. The second-order valence-electron chi connectivity index (χ2n) is 3.46. The molecule has 1 fully saturated rings. The van der Waals surface area contributed by atoms with Crippen LogP contribution in [0.4, 0.5) is 0 Å². The molecule has 1 saturated heterocycles. The first-order valence-corrected chi connectivity index (χ1v) is 4.55. The fourth-order valence-electron chi connectivity index (χ4n) is 1.49. The molecule has 0 bridgehead atoms. The highest BCUT2D eigenvalue weighted by Gasteiger charge is 2.43. The molecule has 15 heavy (non-hydrogen) atoms. The van der Waals surface area contributed by atoms with E-state index in [-0.39, 0.29) is 0 Å². The number of aliphatic hydroxyl groups excluding tert-OH is 4. The number of hydrogen-bond acceptors (Lipinski definition) is 6. The van der Waals surface area contributed by atoms with Crippen molar-refractivity contribution >= 4 is 5.91 Å². The maximum Gasteiger partial charge on any atom is 0.217 e. The van der Waals surface area contributed by atoms with Gasteiger partial charge in [0, 0.05) is 6.92 Å². The Kier molecular flexibility index (Phi) is 4.00. The Morgan fingerprint density at radius 3 is 2.40 bits per heavy atom. The van der Waals surface area contributed by atoms with Crippen molar-refractivity contribution in [2.45, 2.75) is 37.6 Å². The van der Waals surface area contributed by atoms with Crippen molar-refractivity contribution in [2.75, 3.05) is 6.61 Å². The molecule has 0 radical (unpaired) electrons. The second kappa shape index (κ2) is 4.86. The van der Waals surface area contributed by atoms with Crippen LogP contribution in [-0.4, -0.2) is 63.6 Å². The number of hydrogen-bond donors (Lipinski definition) is 5. The Labute approximate surface area is 86.3 Å². The fourth-order valence-corrected chi connectivity index (χ4v) is 1.49. The van der Waals surface area contributed by atoms with E-state index in [9.17, 15) is 20.1 Å². The molecule has 0 spiro atoms. The maximum atomic E-state index is 10.7. The molecule has 1 rings (SSSR count). The molecule has 88 valence electrons. The first-order chi connectivity index (χ1) is 6.97. The Morgan fingerprint density at radius 1 is 1.33 bits per heavy atom. The van der Waals surface area contributed by atoms with Gasteiger partial charge in [-0.25, -0.2) is 0 Å². The van der Waals surface area contributed by atoms with Gasteiger partial charge >= 0.3 is 0 Å². The number of ether oxygens (including phenoxy) is 1. The molecule has 0 aliphatic carbocycles. The molecule has 0 aromatic heterocycles. The fraction of sp³-hybridized carbons (Fsp3) is 0.875. The lowest BCUT2D eigenvalue weighted by Gasteiger charge is -2.40. The highest BCUT2D eigenvalue weighted by molar-refractivity contribution is 5.73. The summed E-state index contributed by atoms with van der Waals surface area (Å²) in [5.74, 6) is -0.462. The van der Waals surface area contributed by atoms with Gasteiger partial charge in [0.1, 0.15) is 24.4 Å². The van der Waals surface area contributed by atoms with E-state index < -0.39 is 43.2 Å². The third-order valence-corrected chi connectivity index (χ3v) is 2.27. The van der Waals surface area contributed by atoms with Gasteiger partial charge in [0.25, 0.3) is 0 Å². The molecular formula is C8H15NO6. The normalized spacial score (nSPS) is 41.3. The lowest BCUT2D eigenvalue weighted by molar-refractivity contribution is -0.253. The Morgan fingerprint density at radius 2 is 1.93 bits per heavy atom. The summed E-state index contributed by atoms with van der Waals surface area (Å²) in [5.41, 5.74) is 0. The summed E-state index contributed by atoms with van der Waals surface area (Å²) in [5, 5.41) is 39.4. The van der Waals surface area contributed by atoms with Crippen molar-refractivity contribution in [3.8, 4) is 0 Å². The smallest absolute Gasteiger partial charge is 0.217 e. The van der Waals surface area contributed by atoms with Crippen LogP contribution in [0.2, 0.25) is 0 Å². The number of amides is 1. The summed E-state index contributed by atoms with van der Waals surface area (Å²) >= 11 is 0. The summed E-state index contributed by atoms with van der Waals surface area (Å²) in [6.45, 7) is 0.687. The van der Waals surface area contributed by atoms with Gasteiger partial charge in [-0.05, 0) is 0 Å². The van der Waals surface area contributed by atoms with E-state index in [1.54, 1.807) is 0 Å². The van der Waals surface area contributed by atoms with Crippen molar-refractivity contribution in [3.63, 3.8) is 0 Å². The van der Waals surface area contributed by atoms with Crippen LogP contribution in [0.5, 0.6) is 0 Å². The highest BCUT2D eigenvalue weighted by atomic mass is 16.6. The van der Waals surface area contributed by atoms with Crippen LogP contribution in [-0.2, 0) is 9.53 Å². The van der Waals surface area contributed by atoms with E-state index >= 15 is 0 Å². The van der Waals surface area contributed by atoms with Gasteiger partial charge in [-0.3, -0.25) is 4.79 Å². The number of nitrogens with one attached hydrogen (secondary N) is 1. The molecule has 7 heteroatoms. The van der Waals surface area contributed by atoms with Crippen LogP contribution in [0.15, 0.2) is 0 Å². The van der Waals surface area contributed by atoms with Crippen LogP contribution in [0.3, 0.4) is 0 Å². The van der Waals surface area contributed by atoms with Gasteiger partial charge in [0.2, 0.25) is 5.91 Å². The maximum absolute atomic E-state index is 10.7. The van der Waals surface area contributed by atoms with Crippen molar-refractivity contribution in [1.29, 1.82) is 0 Å². The van der Waals surface area contributed by atoms with Crippen LogP contribution in [0, 0.1) is 0 Å². The summed E-state index contributed by atoms with van der Waals surface area (Å²) < 4.78 is 4.81. The average Bonchev–Trinajstić information content (AvgIpc) is 2.18. The molecule has 1 aliphatic rings. The van der Waals surface area contributed by atoms with Crippen molar-refractivity contribution in [3.05, 3.63) is 0 Å². The van der Waals surface area contributed by atoms with E-state index in [2.05, 4.69) is 5.32 Å². The van der Waals surface area contributed by atoms with Crippen molar-refractivity contribution in [1.82, 2.24) is 5.32 Å². The van der Waals surface area contributed by atoms with Gasteiger partial charge in [-0.1, -0.05) is 0 Å². The topological polar surface area (TPSA) is 119 Å². The molecule has 0 aromatic rings. The molecule has 0 saturated carbocycles. The van der Waals surface area contributed by atoms with Crippen LogP contribution < -0.4 is 5.32 Å². The van der Waals surface area contributed by atoms with Gasteiger partial charge in [0.15, 0.2) is 6.29 Å². The minimum Gasteiger partial charge on any atom is -0.394 e. The van der Waals surface area contributed by atoms with E-state index in [1.165, 1.54) is 6.92 Å². The zero-order chi connectivity index (χ0) is 11.6. The SMILES string of the molecule is CC(=O)N[C@H]1[C@H](O)[C@H](O)[C@@H](CO)O[C@@H]1O. The third-order valence-electron chi connectivity index (χ3n) is 2.27. The molecule has 7 nitrogen and oxygen atoms in total. The average molecular weight is 221 g/mol. The summed E-state index contributed by atoms with van der Waals surface area (Å²) in [4.78, 5) is 10.7. The second-order valence-corrected chi connectivity index (χ2v) is 3.46. The summed E-state index contributed by atoms with van der Waals surface area (Å²) in [7, 11) is 0. The number of carbonyl (C=O) groups excluding carboxylic acids is 1. The lowest BCUT2D eigenvalue weighted by atomic mass is 9.97. The van der Waals surface area contributed by atoms with Gasteiger partial charge in [-0.2, -0.15) is 0 Å². The van der Waals surface area contributed by atoms with Gasteiger partial charge < -0.3 is 30.5 Å². The van der Waals surface area contributed by atoms with Crippen molar-refractivity contribution in [2.24, 2.45) is 0 Å². The Hall–Kier alpha value is -0.730. The van der Waals surface area contributed by atoms with E-state index in [1.807, 2.05) is 0 Å². The van der Waals surface area contributed by atoms with Gasteiger partial charge in [-0.15, -0.1) is 0 Å². The zero-order valence-corrected chi connectivity index (χ0v) is 8.20. The van der Waals surface area contributed by atoms with Crippen LogP contribution in [0.25, 0.3) is 0 Å². The molecule has 1 aliphatic heterocycles. The monoisotopic (exact) mass is 221 g/mol. The summed E-state index contributed by atoms with van der Waals surface area (Å²) in [6, 6.07) is -1.10. The molecule has 1 amide bonds. The minimum absolute atomic E-state index is 0.462. The minimum atomic E-state index is -1.45.